The van der Waals surface area contributed by atoms with Gasteiger partial charge in [-0.05, 0) is 61.5 Å². The molecule has 0 fully saturated rings. The Hall–Kier alpha value is -7.96. The lowest BCUT2D eigenvalue weighted by atomic mass is 9.99. The van der Waals surface area contributed by atoms with Crippen molar-refractivity contribution in [2.75, 3.05) is 0 Å². The molecule has 0 aliphatic rings. The summed E-state index contributed by atoms with van der Waals surface area (Å²) >= 11 is 0. The number of rotatable bonds is 35. The Morgan fingerprint density at radius 3 is 0.973 bits per heavy atom. The van der Waals surface area contributed by atoms with Gasteiger partial charge in [0.15, 0.2) is 0 Å². The van der Waals surface area contributed by atoms with E-state index in [1.807, 2.05) is 0 Å². The van der Waals surface area contributed by atoms with Gasteiger partial charge in [0.1, 0.15) is 42.3 Å². The molecule has 14 N–H and O–H groups in total. The number of hydrogen-bond donors (Lipinski definition) is 13. The molecule has 2 aromatic rings. The van der Waals surface area contributed by atoms with Crippen LogP contribution in [0.15, 0.2) is 60.7 Å². The maximum absolute atomic E-state index is 14.3. The first kappa shape index (κ1) is 63.2. The van der Waals surface area contributed by atoms with E-state index in [4.69, 9.17) is 10.8 Å². The third-order valence-corrected chi connectivity index (χ3v) is 11.3. The molecule has 0 radical (unpaired) electrons. The average molecular weight is 1060 g/mol. The van der Waals surface area contributed by atoms with Crippen LogP contribution >= 0.6 is 0 Å². The Balaban J connectivity index is 2.51. The van der Waals surface area contributed by atoms with E-state index in [-0.39, 0.29) is 43.9 Å². The fourth-order valence-electron chi connectivity index (χ4n) is 7.45. The molecule has 0 aliphatic carbocycles. The summed E-state index contributed by atoms with van der Waals surface area (Å²) in [6.07, 6.45) is -4.98. The van der Waals surface area contributed by atoms with Crippen LogP contribution in [-0.2, 0) is 70.4 Å². The molecule has 2 aromatic carbocycles. The molecule has 0 saturated heterocycles. The number of aliphatic carboxylic acids is 5. The Kier molecular flexibility index (Phi) is 27.2. The molecule has 25 heteroatoms. The summed E-state index contributed by atoms with van der Waals surface area (Å²) in [6.45, 7) is 6.85. The van der Waals surface area contributed by atoms with Gasteiger partial charge in [0, 0.05) is 38.5 Å². The van der Waals surface area contributed by atoms with Crippen molar-refractivity contribution in [3.63, 3.8) is 0 Å². The zero-order valence-corrected chi connectivity index (χ0v) is 42.2. The number of amides is 7. The summed E-state index contributed by atoms with van der Waals surface area (Å²) < 4.78 is 0. The number of hydrogen-bond acceptors (Lipinski definition) is 13. The van der Waals surface area contributed by atoms with Crippen molar-refractivity contribution in [2.24, 2.45) is 17.6 Å². The number of benzene rings is 2. The molecular formula is C50H70N8O17. The molecule has 0 heterocycles. The van der Waals surface area contributed by atoms with Crippen LogP contribution in [0.1, 0.15) is 103 Å². The van der Waals surface area contributed by atoms with Crippen LogP contribution in [0.3, 0.4) is 0 Å². The minimum Gasteiger partial charge on any atom is -0.481 e. The van der Waals surface area contributed by atoms with Gasteiger partial charge in [-0.3, -0.25) is 52.7 Å². The van der Waals surface area contributed by atoms with E-state index in [1.54, 1.807) is 88.4 Å². The van der Waals surface area contributed by atoms with Crippen LogP contribution in [0.25, 0.3) is 0 Å². The first-order valence-electron chi connectivity index (χ1n) is 24.3. The summed E-state index contributed by atoms with van der Waals surface area (Å²) in [7, 11) is 0. The van der Waals surface area contributed by atoms with Crippen molar-refractivity contribution in [3.05, 3.63) is 71.8 Å². The van der Waals surface area contributed by atoms with Crippen molar-refractivity contribution in [2.45, 2.75) is 153 Å². The fourth-order valence-corrected chi connectivity index (χ4v) is 7.45. The fraction of sp³-hybridized carbons (Fsp3) is 0.520. The van der Waals surface area contributed by atoms with Crippen molar-refractivity contribution >= 4 is 71.2 Å². The number of carboxylic acids is 5. The van der Waals surface area contributed by atoms with Crippen molar-refractivity contribution in [1.82, 2.24) is 37.2 Å². The summed E-state index contributed by atoms with van der Waals surface area (Å²) in [5, 5.41) is 64.5. The molecule has 7 amide bonds. The summed E-state index contributed by atoms with van der Waals surface area (Å²) in [4.78, 5) is 155. The van der Waals surface area contributed by atoms with Gasteiger partial charge in [-0.15, -0.1) is 0 Å². The van der Waals surface area contributed by atoms with Crippen LogP contribution in [0.4, 0.5) is 0 Å². The lowest BCUT2D eigenvalue weighted by molar-refractivity contribution is -0.143. The maximum atomic E-state index is 14.3. The van der Waals surface area contributed by atoms with E-state index in [0.29, 0.717) is 11.1 Å². The zero-order valence-electron chi connectivity index (χ0n) is 42.2. The molecule has 0 unspecified atom stereocenters. The molecule has 2 rings (SSSR count). The molecule has 0 aliphatic heterocycles. The number of carboxylic acid groups (broad SMARTS) is 5. The third kappa shape index (κ3) is 25.0. The largest absolute Gasteiger partial charge is 0.481 e. The van der Waals surface area contributed by atoms with Gasteiger partial charge in [-0.25, -0.2) is 4.79 Å². The quantitative estimate of drug-likeness (QED) is 0.0426. The second kappa shape index (κ2) is 32.3. The highest BCUT2D eigenvalue weighted by atomic mass is 16.4. The highest BCUT2D eigenvalue weighted by Crippen LogP contribution is 2.13. The van der Waals surface area contributed by atoms with E-state index in [1.165, 1.54) is 0 Å². The molecule has 0 saturated carbocycles. The lowest BCUT2D eigenvalue weighted by Crippen LogP contribution is -2.60. The predicted molar refractivity (Wildman–Crippen MR) is 266 cm³/mol. The van der Waals surface area contributed by atoms with Crippen LogP contribution in [0.5, 0.6) is 0 Å². The standard InChI is InChI=1S/C50H70N8O17/c1-27(2)23-35(55-48(72)36(25-29-11-7-5-8-12-29)56-45(69)32(16-20-40(61)62)52-43(67)31(51)15-19-39(59)60)47(71)54-33(17-21-41(63)64)44(68)53-34(18-22-42(65)66)46(70)57-37(26-30-13-9-6-10-14-30)49(73)58-38(50(74)75)24-28(3)4/h5-14,27-28,31-38H,15-26,51H2,1-4H3,(H,52,67)(H,53,68)(H,54,71)(H,55,72)(H,56,69)(H,57,70)(H,58,73)(H,59,60)(H,61,62)(H,63,64)(H,65,66)(H,74,75)/t31-,32-,33-,34-,35-,36-,37-,38-/m0/s1. The summed E-state index contributed by atoms with van der Waals surface area (Å²) in [5.74, 6) is -14.4. The van der Waals surface area contributed by atoms with E-state index in [2.05, 4.69) is 37.2 Å². The Bertz CT molecular complexity index is 2300. The summed E-state index contributed by atoms with van der Waals surface area (Å²) in [5.41, 5.74) is 6.86. The van der Waals surface area contributed by atoms with E-state index in [0.717, 1.165) is 0 Å². The predicted octanol–water partition coefficient (Wildman–Crippen LogP) is -0.171. The number of nitrogens with one attached hydrogen (secondary N) is 7. The van der Waals surface area contributed by atoms with Gasteiger partial charge >= 0.3 is 29.8 Å². The first-order valence-corrected chi connectivity index (χ1v) is 24.3. The van der Waals surface area contributed by atoms with Crippen LogP contribution in [0.2, 0.25) is 0 Å². The average Bonchev–Trinajstić information content (AvgIpc) is 3.33. The Labute approximate surface area is 432 Å². The Morgan fingerprint density at radius 2 is 0.640 bits per heavy atom. The number of nitrogens with two attached hydrogens (primary N) is 1. The monoisotopic (exact) mass is 1050 g/mol. The number of carbonyl (C=O) groups excluding carboxylic acids is 7. The van der Waals surface area contributed by atoms with E-state index >= 15 is 0 Å². The Morgan fingerprint density at radius 1 is 0.373 bits per heavy atom. The van der Waals surface area contributed by atoms with Gasteiger partial charge < -0.3 is 68.5 Å². The summed E-state index contributed by atoms with van der Waals surface area (Å²) in [6, 6.07) is 4.16. The van der Waals surface area contributed by atoms with E-state index in [9.17, 15) is 78.0 Å². The zero-order chi connectivity index (χ0) is 56.4. The molecule has 25 nitrogen and oxygen atoms in total. The second-order valence-electron chi connectivity index (χ2n) is 18.7. The molecule has 412 valence electrons. The molecule has 8 atom stereocenters. The second-order valence-corrected chi connectivity index (χ2v) is 18.7. The molecule has 0 spiro atoms. The normalized spacial score (nSPS) is 14.2. The topological polar surface area (TPSA) is 416 Å². The van der Waals surface area contributed by atoms with Gasteiger partial charge in [-0.2, -0.15) is 0 Å². The molecule has 0 bridgehead atoms. The van der Waals surface area contributed by atoms with Gasteiger partial charge in [0.2, 0.25) is 41.4 Å². The number of carbonyl (C=O) groups is 12. The van der Waals surface area contributed by atoms with Crippen molar-refractivity contribution in [3.8, 4) is 0 Å². The maximum Gasteiger partial charge on any atom is 0.326 e. The van der Waals surface area contributed by atoms with Gasteiger partial charge in [-0.1, -0.05) is 88.4 Å². The first-order chi connectivity index (χ1) is 35.2. The molecule has 0 aromatic heterocycles. The van der Waals surface area contributed by atoms with Crippen LogP contribution in [0, 0.1) is 11.8 Å². The minimum absolute atomic E-state index is 0.0354. The molecule has 75 heavy (non-hydrogen) atoms. The van der Waals surface area contributed by atoms with Gasteiger partial charge in [0.05, 0.1) is 6.04 Å². The van der Waals surface area contributed by atoms with Crippen molar-refractivity contribution < 1.29 is 83.1 Å². The third-order valence-electron chi connectivity index (χ3n) is 11.3. The van der Waals surface area contributed by atoms with Crippen LogP contribution in [-0.4, -0.2) is 145 Å². The van der Waals surface area contributed by atoms with Crippen LogP contribution < -0.4 is 43.0 Å². The smallest absolute Gasteiger partial charge is 0.326 e. The highest BCUT2D eigenvalue weighted by Gasteiger charge is 2.35. The molecular weight excluding hydrogens is 985 g/mol. The highest BCUT2D eigenvalue weighted by molar-refractivity contribution is 5.98. The SMILES string of the molecule is CC(C)C[C@H](NC(=O)[C@H](Cc1ccccc1)NC(=O)[C@H](CCC(=O)O)NC(=O)[C@H](CCC(=O)O)NC(=O)[C@H](CC(C)C)NC(=O)[C@H](Cc1ccccc1)NC(=O)[C@H](CCC(=O)O)NC(=O)[C@@H](N)CCC(=O)O)C(=O)O. The van der Waals surface area contributed by atoms with Gasteiger partial charge in [0.25, 0.3) is 0 Å². The van der Waals surface area contributed by atoms with E-state index < -0.39 is 164 Å². The minimum atomic E-state index is -1.75. The van der Waals surface area contributed by atoms with Crippen molar-refractivity contribution in [1.29, 1.82) is 0 Å². The lowest BCUT2D eigenvalue weighted by Gasteiger charge is -2.28.